The fourth-order valence-electron chi connectivity index (χ4n) is 3.01. The highest BCUT2D eigenvalue weighted by Gasteiger charge is 2.32. The van der Waals surface area contributed by atoms with Gasteiger partial charge in [0.15, 0.2) is 11.5 Å². The van der Waals surface area contributed by atoms with Gasteiger partial charge in [0, 0.05) is 25.1 Å². The number of likely N-dealkylation sites (tertiary alicyclic amines) is 1. The molecule has 1 saturated heterocycles. The molecule has 108 valence electrons. The van der Waals surface area contributed by atoms with E-state index in [1.54, 1.807) is 0 Å². The quantitative estimate of drug-likeness (QED) is 0.908. The van der Waals surface area contributed by atoms with Crippen LogP contribution < -0.4 is 15.2 Å². The van der Waals surface area contributed by atoms with Crippen molar-refractivity contribution in [1.29, 1.82) is 0 Å². The van der Waals surface area contributed by atoms with Crippen molar-refractivity contribution in [2.75, 3.05) is 26.3 Å². The van der Waals surface area contributed by atoms with Crippen LogP contribution in [0.4, 0.5) is 0 Å². The number of carbonyl (C=O) groups excluding carboxylic acids is 1. The summed E-state index contributed by atoms with van der Waals surface area (Å²) in [6.45, 7) is 2.34. The minimum absolute atomic E-state index is 0.0886. The van der Waals surface area contributed by atoms with Crippen molar-refractivity contribution in [2.45, 2.75) is 25.3 Å². The molecule has 2 N–H and O–H groups in total. The lowest BCUT2D eigenvalue weighted by atomic mass is 10.0. The molecular formula is C15H20N2O3. The summed E-state index contributed by atoms with van der Waals surface area (Å²) in [4.78, 5) is 14.1. The second-order valence-electron chi connectivity index (χ2n) is 5.16. The van der Waals surface area contributed by atoms with Crippen LogP contribution in [0, 0.1) is 0 Å². The summed E-state index contributed by atoms with van der Waals surface area (Å²) in [7, 11) is 0. The maximum Gasteiger partial charge on any atom is 0.224 e. The number of hydrogen-bond donors (Lipinski definition) is 1. The van der Waals surface area contributed by atoms with Gasteiger partial charge in [0.25, 0.3) is 0 Å². The smallest absolute Gasteiger partial charge is 0.224 e. The Morgan fingerprint density at radius 3 is 3.05 bits per heavy atom. The van der Waals surface area contributed by atoms with E-state index in [0.29, 0.717) is 26.2 Å². The Hall–Kier alpha value is -1.75. The van der Waals surface area contributed by atoms with Gasteiger partial charge >= 0.3 is 0 Å². The van der Waals surface area contributed by atoms with Gasteiger partial charge in [-0.3, -0.25) is 4.79 Å². The van der Waals surface area contributed by atoms with Crippen LogP contribution in [0.1, 0.15) is 30.9 Å². The summed E-state index contributed by atoms with van der Waals surface area (Å²) in [5.41, 5.74) is 6.56. The normalized spacial score (nSPS) is 21.1. The summed E-state index contributed by atoms with van der Waals surface area (Å²) < 4.78 is 11.4. The molecular weight excluding hydrogens is 256 g/mol. The summed E-state index contributed by atoms with van der Waals surface area (Å²) in [6.07, 6.45) is 2.39. The highest BCUT2D eigenvalue weighted by molar-refractivity contribution is 5.77. The Morgan fingerprint density at radius 2 is 2.20 bits per heavy atom. The first kappa shape index (κ1) is 13.2. The summed E-state index contributed by atoms with van der Waals surface area (Å²) in [5.74, 6) is 1.72. The minimum atomic E-state index is 0.0886. The van der Waals surface area contributed by atoms with E-state index in [1.165, 1.54) is 0 Å². The largest absolute Gasteiger partial charge is 0.486 e. The first-order valence-corrected chi connectivity index (χ1v) is 7.19. The molecule has 0 saturated carbocycles. The van der Waals surface area contributed by atoms with Gasteiger partial charge in [-0.1, -0.05) is 12.1 Å². The van der Waals surface area contributed by atoms with E-state index in [9.17, 15) is 4.79 Å². The van der Waals surface area contributed by atoms with E-state index in [-0.39, 0.29) is 11.9 Å². The highest BCUT2D eigenvalue weighted by atomic mass is 16.6. The van der Waals surface area contributed by atoms with Gasteiger partial charge in [-0.2, -0.15) is 0 Å². The van der Waals surface area contributed by atoms with Crippen molar-refractivity contribution in [3.63, 3.8) is 0 Å². The zero-order valence-electron chi connectivity index (χ0n) is 11.5. The molecule has 1 atom stereocenters. The Bertz CT molecular complexity index is 504. The second kappa shape index (κ2) is 5.71. The number of nitrogens with two attached hydrogens (primary N) is 1. The van der Waals surface area contributed by atoms with Crippen LogP contribution in [0.2, 0.25) is 0 Å². The Morgan fingerprint density at radius 1 is 1.35 bits per heavy atom. The number of benzene rings is 1. The highest BCUT2D eigenvalue weighted by Crippen LogP contribution is 2.42. The Balaban J connectivity index is 1.90. The molecule has 0 bridgehead atoms. The molecule has 5 nitrogen and oxygen atoms in total. The summed E-state index contributed by atoms with van der Waals surface area (Å²) in [6, 6.07) is 6.00. The lowest BCUT2D eigenvalue weighted by Crippen LogP contribution is -2.32. The first-order chi connectivity index (χ1) is 9.81. The summed E-state index contributed by atoms with van der Waals surface area (Å²) >= 11 is 0. The lowest BCUT2D eigenvalue weighted by molar-refractivity contribution is -0.131. The zero-order valence-corrected chi connectivity index (χ0v) is 11.5. The minimum Gasteiger partial charge on any atom is -0.486 e. The number of fused-ring (bicyclic) bond motifs is 1. The van der Waals surface area contributed by atoms with E-state index in [2.05, 4.69) is 0 Å². The SMILES string of the molecule is NCCC(=O)N1CCCC1c1cccc2c1OCCO2. The first-order valence-electron chi connectivity index (χ1n) is 7.19. The van der Waals surface area contributed by atoms with Gasteiger partial charge in [0.2, 0.25) is 5.91 Å². The van der Waals surface area contributed by atoms with Crippen LogP contribution in [0.25, 0.3) is 0 Å². The third kappa shape index (κ3) is 2.33. The average molecular weight is 276 g/mol. The molecule has 1 aromatic rings. The Labute approximate surface area is 118 Å². The van der Waals surface area contributed by atoms with E-state index >= 15 is 0 Å². The lowest BCUT2D eigenvalue weighted by Gasteiger charge is -2.29. The van der Waals surface area contributed by atoms with Gasteiger partial charge < -0.3 is 20.1 Å². The van der Waals surface area contributed by atoms with Gasteiger partial charge in [-0.05, 0) is 18.9 Å². The fraction of sp³-hybridized carbons (Fsp3) is 0.533. The van der Waals surface area contributed by atoms with Crippen LogP contribution >= 0.6 is 0 Å². The molecule has 1 aromatic carbocycles. The van der Waals surface area contributed by atoms with Crippen molar-refractivity contribution in [1.82, 2.24) is 4.90 Å². The molecule has 3 rings (SSSR count). The number of amides is 1. The standard InChI is InChI=1S/C15H20N2O3/c16-7-6-14(18)17-8-2-4-12(17)11-3-1-5-13-15(11)20-10-9-19-13/h1,3,5,12H,2,4,6-10,16H2. The molecule has 1 amide bonds. The number of rotatable bonds is 3. The molecule has 2 aliphatic rings. The predicted molar refractivity (Wildman–Crippen MR) is 74.8 cm³/mol. The molecule has 1 fully saturated rings. The number of nitrogens with zero attached hydrogens (tertiary/aromatic N) is 1. The number of hydrogen-bond acceptors (Lipinski definition) is 4. The van der Waals surface area contributed by atoms with Gasteiger partial charge in [-0.15, -0.1) is 0 Å². The number of para-hydroxylation sites is 1. The zero-order chi connectivity index (χ0) is 13.9. The van der Waals surface area contributed by atoms with Crippen molar-refractivity contribution in [2.24, 2.45) is 5.73 Å². The number of carbonyl (C=O) groups is 1. The van der Waals surface area contributed by atoms with E-state index in [1.807, 2.05) is 23.1 Å². The monoisotopic (exact) mass is 276 g/mol. The van der Waals surface area contributed by atoms with Crippen LogP contribution in [-0.2, 0) is 4.79 Å². The maximum atomic E-state index is 12.2. The topological polar surface area (TPSA) is 64.8 Å². The van der Waals surface area contributed by atoms with Gasteiger partial charge in [0.05, 0.1) is 6.04 Å². The van der Waals surface area contributed by atoms with Crippen molar-refractivity contribution in [3.05, 3.63) is 23.8 Å². The molecule has 5 heteroatoms. The van der Waals surface area contributed by atoms with Gasteiger partial charge in [-0.25, -0.2) is 0 Å². The van der Waals surface area contributed by atoms with Crippen molar-refractivity contribution < 1.29 is 14.3 Å². The molecule has 0 radical (unpaired) electrons. The van der Waals surface area contributed by atoms with Crippen LogP contribution in [0.15, 0.2) is 18.2 Å². The predicted octanol–water partition coefficient (Wildman–Crippen LogP) is 1.47. The third-order valence-electron chi connectivity index (χ3n) is 3.89. The van der Waals surface area contributed by atoms with Crippen LogP contribution in [0.3, 0.4) is 0 Å². The fourth-order valence-corrected chi connectivity index (χ4v) is 3.01. The molecule has 0 aliphatic carbocycles. The van der Waals surface area contributed by atoms with Crippen molar-refractivity contribution in [3.8, 4) is 11.5 Å². The van der Waals surface area contributed by atoms with E-state index < -0.39 is 0 Å². The molecule has 1 unspecified atom stereocenters. The van der Waals surface area contributed by atoms with E-state index in [4.69, 9.17) is 15.2 Å². The molecule has 2 heterocycles. The second-order valence-corrected chi connectivity index (χ2v) is 5.16. The number of ether oxygens (including phenoxy) is 2. The molecule has 0 spiro atoms. The summed E-state index contributed by atoms with van der Waals surface area (Å²) in [5, 5.41) is 0. The third-order valence-corrected chi connectivity index (χ3v) is 3.89. The Kier molecular flexibility index (Phi) is 3.78. The average Bonchev–Trinajstić information content (AvgIpc) is 2.96. The molecule has 0 aromatic heterocycles. The van der Waals surface area contributed by atoms with Crippen molar-refractivity contribution >= 4 is 5.91 Å². The van der Waals surface area contributed by atoms with E-state index in [0.717, 1.165) is 36.4 Å². The maximum absolute atomic E-state index is 12.2. The van der Waals surface area contributed by atoms with Gasteiger partial charge in [0.1, 0.15) is 13.2 Å². The molecule has 2 aliphatic heterocycles. The molecule has 20 heavy (non-hydrogen) atoms. The van der Waals surface area contributed by atoms with Crippen LogP contribution in [-0.4, -0.2) is 37.1 Å². The van der Waals surface area contributed by atoms with Crippen LogP contribution in [0.5, 0.6) is 11.5 Å².